The fraction of sp³-hybridized carbons (Fsp3) is 0.364. The van der Waals surface area contributed by atoms with Crippen LogP contribution in [0.5, 0.6) is 0 Å². The maximum Gasteiger partial charge on any atom is 0.202 e. The zero-order chi connectivity index (χ0) is 18.9. The molecule has 2 fully saturated rings. The third-order valence-corrected chi connectivity index (χ3v) is 6.35. The molecule has 1 saturated heterocycles. The third kappa shape index (κ3) is 4.22. The van der Waals surface area contributed by atoms with E-state index < -0.39 is 11.9 Å². The van der Waals surface area contributed by atoms with Crippen LogP contribution in [0.3, 0.4) is 0 Å². The molecular formula is C22H22Br2O3. The molecule has 27 heavy (non-hydrogen) atoms. The van der Waals surface area contributed by atoms with Crippen molar-refractivity contribution in [2.24, 2.45) is 0 Å². The summed E-state index contributed by atoms with van der Waals surface area (Å²) >= 11 is 6.99. The van der Waals surface area contributed by atoms with E-state index in [0.29, 0.717) is 0 Å². The molecule has 5 heteroatoms. The van der Waals surface area contributed by atoms with Crippen molar-refractivity contribution in [2.75, 3.05) is 0 Å². The highest BCUT2D eigenvalue weighted by Crippen LogP contribution is 2.45. The molecule has 1 aliphatic carbocycles. The Bertz CT molecular complexity index is 795. The van der Waals surface area contributed by atoms with Crippen LogP contribution in [0.25, 0.3) is 5.57 Å². The SMILES string of the molecule is C=C(c1ccc(Br)cc1)[C@H]1OOC2(CCCCC2)O[C@@H]1c1ccc(Br)cc1. The summed E-state index contributed by atoms with van der Waals surface area (Å²) in [6.07, 6.45) is 4.45. The third-order valence-electron chi connectivity index (χ3n) is 5.29. The molecule has 4 rings (SSSR count). The van der Waals surface area contributed by atoms with Gasteiger partial charge in [0.2, 0.25) is 5.79 Å². The molecular weight excluding hydrogens is 472 g/mol. The van der Waals surface area contributed by atoms with E-state index in [1.165, 1.54) is 6.42 Å². The van der Waals surface area contributed by atoms with E-state index in [0.717, 1.165) is 51.3 Å². The first-order valence-corrected chi connectivity index (χ1v) is 10.9. The van der Waals surface area contributed by atoms with Crippen molar-refractivity contribution in [2.45, 2.75) is 50.1 Å². The molecule has 0 bridgehead atoms. The summed E-state index contributed by atoms with van der Waals surface area (Å²) in [6.45, 7) is 4.30. The van der Waals surface area contributed by atoms with Crippen LogP contribution >= 0.6 is 31.9 Å². The standard InChI is InChI=1S/C22H22Br2O3/c1-15(16-5-9-18(23)10-6-16)20-21(17-7-11-19(24)12-8-17)25-22(27-26-20)13-3-2-4-14-22/h5-12,20-21H,1-4,13-14H2/t20-,21-/m1/s1. The van der Waals surface area contributed by atoms with Gasteiger partial charge in [0.25, 0.3) is 0 Å². The minimum atomic E-state index is -0.646. The Hall–Kier alpha value is -0.980. The van der Waals surface area contributed by atoms with E-state index in [4.69, 9.17) is 14.5 Å². The molecule has 2 aromatic rings. The molecule has 2 aromatic carbocycles. The maximum absolute atomic E-state index is 6.59. The minimum Gasteiger partial charge on any atom is -0.336 e. The van der Waals surface area contributed by atoms with Gasteiger partial charge in [-0.25, -0.2) is 9.78 Å². The number of benzene rings is 2. The smallest absolute Gasteiger partial charge is 0.202 e. The number of halogens is 2. The fourth-order valence-corrected chi connectivity index (χ4v) is 4.29. The van der Waals surface area contributed by atoms with Gasteiger partial charge in [0.05, 0.1) is 0 Å². The van der Waals surface area contributed by atoms with Gasteiger partial charge in [-0.05, 0) is 53.8 Å². The van der Waals surface area contributed by atoms with Gasteiger partial charge in [-0.1, -0.05) is 69.1 Å². The molecule has 1 aliphatic heterocycles. The summed E-state index contributed by atoms with van der Waals surface area (Å²) in [5.41, 5.74) is 2.92. The van der Waals surface area contributed by atoms with Crippen molar-refractivity contribution in [3.63, 3.8) is 0 Å². The summed E-state index contributed by atoms with van der Waals surface area (Å²) in [5, 5.41) is 0. The first-order chi connectivity index (χ1) is 13.1. The zero-order valence-corrected chi connectivity index (χ0v) is 18.2. The second kappa shape index (κ2) is 8.18. The average molecular weight is 494 g/mol. The van der Waals surface area contributed by atoms with Crippen molar-refractivity contribution in [3.8, 4) is 0 Å². The van der Waals surface area contributed by atoms with E-state index in [-0.39, 0.29) is 6.10 Å². The van der Waals surface area contributed by atoms with Gasteiger partial charge in [0.1, 0.15) is 12.2 Å². The molecule has 2 atom stereocenters. The summed E-state index contributed by atoms with van der Waals surface area (Å²) in [4.78, 5) is 11.8. The lowest BCUT2D eigenvalue weighted by Crippen LogP contribution is -2.48. The highest BCUT2D eigenvalue weighted by molar-refractivity contribution is 9.10. The molecule has 142 valence electrons. The van der Waals surface area contributed by atoms with Crippen molar-refractivity contribution in [1.29, 1.82) is 0 Å². The van der Waals surface area contributed by atoms with Gasteiger partial charge in [-0.15, -0.1) is 0 Å². The van der Waals surface area contributed by atoms with Crippen LogP contribution in [0.1, 0.15) is 49.3 Å². The Kier molecular flexibility index (Phi) is 5.86. The van der Waals surface area contributed by atoms with Crippen LogP contribution in [-0.4, -0.2) is 11.9 Å². The number of ether oxygens (including phenoxy) is 1. The monoisotopic (exact) mass is 492 g/mol. The first-order valence-electron chi connectivity index (χ1n) is 9.29. The summed E-state index contributed by atoms with van der Waals surface area (Å²) < 4.78 is 8.65. The van der Waals surface area contributed by atoms with Crippen LogP contribution in [0, 0.1) is 0 Å². The predicted octanol–water partition coefficient (Wildman–Crippen LogP) is 6.97. The Labute approximate surface area is 176 Å². The Morgan fingerprint density at radius 3 is 2.11 bits per heavy atom. The molecule has 0 aromatic heterocycles. The molecule has 0 amide bonds. The average Bonchev–Trinajstić information content (AvgIpc) is 2.69. The topological polar surface area (TPSA) is 27.7 Å². The minimum absolute atomic E-state index is 0.263. The van der Waals surface area contributed by atoms with Gasteiger partial charge in [0, 0.05) is 21.8 Å². The van der Waals surface area contributed by atoms with Crippen LogP contribution in [0.15, 0.2) is 64.1 Å². The molecule has 3 nitrogen and oxygen atoms in total. The molecule has 0 unspecified atom stereocenters. The van der Waals surface area contributed by atoms with E-state index in [1.54, 1.807) is 0 Å². The number of hydrogen-bond donors (Lipinski definition) is 0. The number of hydrogen-bond acceptors (Lipinski definition) is 3. The lowest BCUT2D eigenvalue weighted by molar-refractivity contribution is -0.501. The molecule has 0 radical (unpaired) electrons. The van der Waals surface area contributed by atoms with E-state index in [1.807, 2.05) is 36.4 Å². The van der Waals surface area contributed by atoms with Gasteiger partial charge in [-0.2, -0.15) is 0 Å². The Morgan fingerprint density at radius 2 is 1.48 bits per heavy atom. The van der Waals surface area contributed by atoms with Gasteiger partial charge in [0.15, 0.2) is 0 Å². The largest absolute Gasteiger partial charge is 0.336 e. The Morgan fingerprint density at radius 1 is 0.889 bits per heavy atom. The molecule has 2 aliphatic rings. The second-order valence-corrected chi connectivity index (χ2v) is 9.02. The van der Waals surface area contributed by atoms with Crippen LogP contribution < -0.4 is 0 Å². The molecule has 1 spiro atoms. The van der Waals surface area contributed by atoms with E-state index >= 15 is 0 Å². The maximum atomic E-state index is 6.59. The normalized spacial score (nSPS) is 24.7. The van der Waals surface area contributed by atoms with Gasteiger partial charge < -0.3 is 4.74 Å². The molecule has 1 heterocycles. The first kappa shape index (κ1) is 19.3. The quantitative estimate of drug-likeness (QED) is 0.432. The van der Waals surface area contributed by atoms with Crippen molar-refractivity contribution >= 4 is 37.4 Å². The zero-order valence-electron chi connectivity index (χ0n) is 15.0. The predicted molar refractivity (Wildman–Crippen MR) is 113 cm³/mol. The van der Waals surface area contributed by atoms with Crippen molar-refractivity contribution < 1.29 is 14.5 Å². The van der Waals surface area contributed by atoms with Gasteiger partial charge >= 0.3 is 0 Å². The molecule has 1 saturated carbocycles. The fourth-order valence-electron chi connectivity index (χ4n) is 3.76. The van der Waals surface area contributed by atoms with Crippen molar-refractivity contribution in [3.05, 3.63) is 75.2 Å². The van der Waals surface area contributed by atoms with E-state index in [2.05, 4.69) is 50.6 Å². The Balaban J connectivity index is 1.65. The lowest BCUT2D eigenvalue weighted by Gasteiger charge is -2.45. The highest BCUT2D eigenvalue weighted by Gasteiger charge is 2.46. The van der Waals surface area contributed by atoms with Crippen LogP contribution in [-0.2, 0) is 14.5 Å². The number of rotatable bonds is 3. The summed E-state index contributed by atoms with van der Waals surface area (Å²) in [6, 6.07) is 16.3. The highest BCUT2D eigenvalue weighted by atomic mass is 79.9. The van der Waals surface area contributed by atoms with Crippen LogP contribution in [0.4, 0.5) is 0 Å². The van der Waals surface area contributed by atoms with Crippen molar-refractivity contribution in [1.82, 2.24) is 0 Å². The second-order valence-electron chi connectivity index (χ2n) is 7.19. The lowest BCUT2D eigenvalue weighted by atomic mass is 9.90. The molecule has 0 N–H and O–H groups in total. The summed E-state index contributed by atoms with van der Waals surface area (Å²) in [7, 11) is 0. The summed E-state index contributed by atoms with van der Waals surface area (Å²) in [5.74, 6) is -0.646. The van der Waals surface area contributed by atoms with E-state index in [9.17, 15) is 0 Å². The van der Waals surface area contributed by atoms with Crippen LogP contribution in [0.2, 0.25) is 0 Å². The van der Waals surface area contributed by atoms with Gasteiger partial charge in [-0.3, -0.25) is 0 Å².